The molecule has 0 saturated carbocycles. The van der Waals surface area contributed by atoms with Gasteiger partial charge in [0.2, 0.25) is 0 Å². The topological polar surface area (TPSA) is 9.23 Å². The van der Waals surface area contributed by atoms with Gasteiger partial charge in [0.25, 0.3) is 0 Å². The molecule has 0 N–H and O–H groups in total. The highest BCUT2D eigenvalue weighted by molar-refractivity contribution is 6.30. The average Bonchev–Trinajstić information content (AvgIpc) is 2.07. The maximum Gasteiger partial charge on any atom is 0.148 e. The zero-order valence-corrected chi connectivity index (χ0v) is 7.56. The Balaban J connectivity index is 2.84. The van der Waals surface area contributed by atoms with Crippen molar-refractivity contribution < 1.29 is 4.74 Å². The van der Waals surface area contributed by atoms with Crippen LogP contribution in [0.3, 0.4) is 0 Å². The molecule has 1 aromatic carbocycles. The van der Waals surface area contributed by atoms with Crippen LogP contribution in [0, 0.1) is 19.3 Å². The Morgan fingerprint density at radius 2 is 2.33 bits per heavy atom. The normalized spacial score (nSPS) is 9.08. The second-order valence-electron chi connectivity index (χ2n) is 2.40. The second kappa shape index (κ2) is 4.04. The molecule has 0 saturated heterocycles. The Labute approximate surface area is 77.3 Å². The molecule has 0 spiro atoms. The number of halogens is 1. The van der Waals surface area contributed by atoms with E-state index in [9.17, 15) is 0 Å². The fourth-order valence-electron chi connectivity index (χ4n) is 0.849. The zero-order valence-electron chi connectivity index (χ0n) is 6.80. The smallest absolute Gasteiger partial charge is 0.148 e. The van der Waals surface area contributed by atoms with Gasteiger partial charge in [-0.25, -0.2) is 0 Å². The van der Waals surface area contributed by atoms with Gasteiger partial charge in [0.15, 0.2) is 0 Å². The van der Waals surface area contributed by atoms with Crippen LogP contribution in [0.2, 0.25) is 5.02 Å². The molecule has 0 radical (unpaired) electrons. The van der Waals surface area contributed by atoms with E-state index in [0.29, 0.717) is 5.02 Å². The summed E-state index contributed by atoms with van der Waals surface area (Å²) in [5, 5.41) is 0.660. The van der Waals surface area contributed by atoms with Gasteiger partial charge in [-0.1, -0.05) is 23.6 Å². The molecule has 0 heterocycles. The molecule has 0 aliphatic rings. The van der Waals surface area contributed by atoms with E-state index in [2.05, 4.69) is 5.92 Å². The second-order valence-corrected chi connectivity index (χ2v) is 2.84. The summed E-state index contributed by atoms with van der Waals surface area (Å²) in [6.45, 7) is 2.23. The standard InChI is InChI=1S/C10H9ClO/c1-3-6-12-10-7-9(11)5-4-8(10)2/h1,4-5,7H,6H2,2H3. The van der Waals surface area contributed by atoms with Crippen molar-refractivity contribution in [1.82, 2.24) is 0 Å². The maximum absolute atomic E-state index is 5.76. The molecule has 0 amide bonds. The average molecular weight is 181 g/mol. The van der Waals surface area contributed by atoms with Crippen molar-refractivity contribution in [3.05, 3.63) is 28.8 Å². The third-order valence-corrected chi connectivity index (χ3v) is 1.70. The molecule has 0 aromatic heterocycles. The number of rotatable bonds is 2. The minimum atomic E-state index is 0.279. The van der Waals surface area contributed by atoms with Crippen molar-refractivity contribution >= 4 is 11.6 Å². The Kier molecular flexibility index (Phi) is 3.01. The number of aryl methyl sites for hydroxylation is 1. The van der Waals surface area contributed by atoms with Crippen molar-refractivity contribution in [2.24, 2.45) is 0 Å². The number of hydrogen-bond acceptors (Lipinski definition) is 1. The molecule has 1 nitrogen and oxygen atoms in total. The van der Waals surface area contributed by atoms with Crippen molar-refractivity contribution in [2.75, 3.05) is 6.61 Å². The zero-order chi connectivity index (χ0) is 8.97. The fraction of sp³-hybridized carbons (Fsp3) is 0.200. The first-order valence-electron chi connectivity index (χ1n) is 3.56. The first kappa shape index (κ1) is 8.96. The van der Waals surface area contributed by atoms with Gasteiger partial charge in [-0.15, -0.1) is 6.42 Å². The van der Waals surface area contributed by atoms with Gasteiger partial charge >= 0.3 is 0 Å². The van der Waals surface area contributed by atoms with Gasteiger partial charge < -0.3 is 4.74 Å². The van der Waals surface area contributed by atoms with Crippen LogP contribution in [0.25, 0.3) is 0 Å². The summed E-state index contributed by atoms with van der Waals surface area (Å²) in [6.07, 6.45) is 5.06. The maximum atomic E-state index is 5.76. The van der Waals surface area contributed by atoms with Crippen molar-refractivity contribution in [3.8, 4) is 18.1 Å². The number of benzene rings is 1. The quantitative estimate of drug-likeness (QED) is 0.636. The lowest BCUT2D eigenvalue weighted by atomic mass is 10.2. The van der Waals surface area contributed by atoms with E-state index in [1.165, 1.54) is 0 Å². The van der Waals surface area contributed by atoms with E-state index >= 15 is 0 Å². The number of hydrogen-bond donors (Lipinski definition) is 0. The summed E-state index contributed by atoms with van der Waals surface area (Å²) in [5.41, 5.74) is 1.04. The highest BCUT2D eigenvalue weighted by Crippen LogP contribution is 2.22. The molecule has 0 atom stereocenters. The minimum absolute atomic E-state index is 0.279. The minimum Gasteiger partial charge on any atom is -0.481 e. The van der Waals surface area contributed by atoms with Crippen molar-refractivity contribution in [2.45, 2.75) is 6.92 Å². The Hall–Kier alpha value is -1.13. The number of terminal acetylenes is 1. The molecule has 0 aliphatic carbocycles. The Bertz CT molecular complexity index is 312. The highest BCUT2D eigenvalue weighted by atomic mass is 35.5. The van der Waals surface area contributed by atoms with Crippen molar-refractivity contribution in [1.29, 1.82) is 0 Å². The molecular formula is C10H9ClO. The third kappa shape index (κ3) is 2.18. The van der Waals surface area contributed by atoms with Crippen LogP contribution in [-0.2, 0) is 0 Å². The molecule has 12 heavy (non-hydrogen) atoms. The first-order chi connectivity index (χ1) is 5.74. The van der Waals surface area contributed by atoms with E-state index in [4.69, 9.17) is 22.8 Å². The lowest BCUT2D eigenvalue weighted by Crippen LogP contribution is -1.95. The van der Waals surface area contributed by atoms with Gasteiger partial charge in [-0.3, -0.25) is 0 Å². The molecule has 0 unspecified atom stereocenters. The van der Waals surface area contributed by atoms with Gasteiger partial charge in [-0.05, 0) is 24.6 Å². The molecule has 1 rings (SSSR count). The van der Waals surface area contributed by atoms with Gasteiger partial charge in [0.1, 0.15) is 12.4 Å². The molecule has 2 heteroatoms. The predicted molar refractivity (Wildman–Crippen MR) is 50.5 cm³/mol. The third-order valence-electron chi connectivity index (χ3n) is 1.46. The van der Waals surface area contributed by atoms with Gasteiger partial charge in [-0.2, -0.15) is 0 Å². The predicted octanol–water partition coefficient (Wildman–Crippen LogP) is 2.66. The van der Waals surface area contributed by atoms with E-state index in [1.807, 2.05) is 19.1 Å². The Morgan fingerprint density at radius 1 is 1.58 bits per heavy atom. The van der Waals surface area contributed by atoms with Gasteiger partial charge in [0.05, 0.1) is 0 Å². The summed E-state index contributed by atoms with van der Waals surface area (Å²) in [6, 6.07) is 5.47. The van der Waals surface area contributed by atoms with Crippen LogP contribution in [0.5, 0.6) is 5.75 Å². The first-order valence-corrected chi connectivity index (χ1v) is 3.94. The summed E-state index contributed by atoms with van der Waals surface area (Å²) < 4.78 is 5.25. The lowest BCUT2D eigenvalue weighted by molar-refractivity contribution is 0.368. The van der Waals surface area contributed by atoms with E-state index in [0.717, 1.165) is 11.3 Å². The summed E-state index contributed by atoms with van der Waals surface area (Å²) >= 11 is 5.76. The molecule has 0 aliphatic heterocycles. The van der Waals surface area contributed by atoms with Crippen LogP contribution < -0.4 is 4.74 Å². The monoisotopic (exact) mass is 180 g/mol. The van der Waals surface area contributed by atoms with E-state index in [-0.39, 0.29) is 6.61 Å². The van der Waals surface area contributed by atoms with E-state index < -0.39 is 0 Å². The summed E-state index contributed by atoms with van der Waals surface area (Å²) in [4.78, 5) is 0. The lowest BCUT2D eigenvalue weighted by Gasteiger charge is -2.05. The molecule has 0 fully saturated rings. The largest absolute Gasteiger partial charge is 0.481 e. The number of ether oxygens (including phenoxy) is 1. The summed E-state index contributed by atoms with van der Waals surface area (Å²) in [5.74, 6) is 3.15. The van der Waals surface area contributed by atoms with E-state index in [1.54, 1.807) is 6.07 Å². The summed E-state index contributed by atoms with van der Waals surface area (Å²) in [7, 11) is 0. The SMILES string of the molecule is C#CCOc1cc(Cl)ccc1C. The van der Waals surface area contributed by atoms with Gasteiger partial charge in [0, 0.05) is 5.02 Å². The Morgan fingerprint density at radius 3 is 3.00 bits per heavy atom. The molecular weight excluding hydrogens is 172 g/mol. The fourth-order valence-corrected chi connectivity index (χ4v) is 1.01. The van der Waals surface area contributed by atoms with Crippen molar-refractivity contribution in [3.63, 3.8) is 0 Å². The van der Waals surface area contributed by atoms with Crippen LogP contribution in [0.15, 0.2) is 18.2 Å². The highest BCUT2D eigenvalue weighted by Gasteiger charge is 1.98. The molecule has 1 aromatic rings. The molecule has 62 valence electrons. The van der Waals surface area contributed by atoms with Crippen LogP contribution in [-0.4, -0.2) is 6.61 Å². The van der Waals surface area contributed by atoms with Crippen LogP contribution in [0.1, 0.15) is 5.56 Å². The van der Waals surface area contributed by atoms with Crippen LogP contribution in [0.4, 0.5) is 0 Å². The van der Waals surface area contributed by atoms with Crippen LogP contribution >= 0.6 is 11.6 Å². The molecule has 0 bridgehead atoms.